The molecule has 5 heteroatoms. The number of aromatic nitrogens is 3. The Labute approximate surface area is 206 Å². The summed E-state index contributed by atoms with van der Waals surface area (Å²) in [5.74, 6) is 0.770. The zero-order valence-electron chi connectivity index (χ0n) is 17.7. The molecule has 5 aromatic rings. The van der Waals surface area contributed by atoms with E-state index in [2.05, 4.69) is 32.7 Å². The van der Waals surface area contributed by atoms with E-state index in [9.17, 15) is 4.39 Å². The number of halogens is 1. The molecule has 33 heavy (non-hydrogen) atoms. The summed E-state index contributed by atoms with van der Waals surface area (Å²) in [6, 6.07) is 30.7. The van der Waals surface area contributed by atoms with Crippen molar-refractivity contribution in [1.29, 1.82) is 0 Å². The second kappa shape index (κ2) is 10.5. The van der Waals surface area contributed by atoms with E-state index in [1.807, 2.05) is 73.2 Å². The maximum Gasteiger partial charge on any atom is 0.0560 e. The molecule has 0 spiro atoms. The first kappa shape index (κ1) is 22.8. The molecule has 0 fully saturated rings. The van der Waals surface area contributed by atoms with Gasteiger partial charge in [0.25, 0.3) is 0 Å². The fourth-order valence-corrected chi connectivity index (χ4v) is 3.77. The first-order valence-corrected chi connectivity index (χ1v) is 10.5. The number of nitrogens with zero attached hydrogens (tertiary/aromatic N) is 3. The zero-order valence-corrected chi connectivity index (χ0v) is 20.1. The SMILES string of the molecule is Fc1c[c-]c(-c2ccc(-c3ccccc3)cn2)cc1.[Ir].[c-]1cccc2c1-c1nccn1CC2. The van der Waals surface area contributed by atoms with Crippen LogP contribution >= 0.6 is 0 Å². The number of benzene rings is 3. The van der Waals surface area contributed by atoms with Gasteiger partial charge in [-0.1, -0.05) is 42.5 Å². The van der Waals surface area contributed by atoms with E-state index in [4.69, 9.17) is 0 Å². The molecule has 2 aromatic heterocycles. The molecule has 0 unspecified atom stereocenters. The Kier molecular flexibility index (Phi) is 7.23. The Morgan fingerprint density at radius 1 is 0.848 bits per heavy atom. The molecule has 0 N–H and O–H groups in total. The molecule has 3 nitrogen and oxygen atoms in total. The van der Waals surface area contributed by atoms with Crippen molar-refractivity contribution in [2.45, 2.75) is 13.0 Å². The number of rotatable bonds is 2. The number of hydrogen-bond acceptors (Lipinski definition) is 2. The predicted octanol–water partition coefficient (Wildman–Crippen LogP) is 6.26. The van der Waals surface area contributed by atoms with Crippen molar-refractivity contribution in [3.63, 3.8) is 0 Å². The zero-order chi connectivity index (χ0) is 21.8. The van der Waals surface area contributed by atoms with Gasteiger partial charge in [-0.3, -0.25) is 9.37 Å². The first-order valence-electron chi connectivity index (χ1n) is 10.5. The molecular weight excluding hydrogens is 590 g/mol. The summed E-state index contributed by atoms with van der Waals surface area (Å²) in [6.07, 6.45) is 6.79. The normalized spacial score (nSPS) is 11.3. The van der Waals surface area contributed by atoms with Gasteiger partial charge in [0.05, 0.1) is 5.82 Å². The average molecular weight is 610 g/mol. The Morgan fingerprint density at radius 2 is 1.73 bits per heavy atom. The average Bonchev–Trinajstić information content (AvgIpc) is 3.35. The summed E-state index contributed by atoms with van der Waals surface area (Å²) in [6.45, 7) is 1.04. The minimum atomic E-state index is -0.287. The molecule has 1 aliphatic heterocycles. The van der Waals surface area contributed by atoms with Crippen LogP contribution in [-0.4, -0.2) is 14.5 Å². The van der Waals surface area contributed by atoms with Crippen LogP contribution in [0.2, 0.25) is 0 Å². The Morgan fingerprint density at radius 3 is 2.48 bits per heavy atom. The van der Waals surface area contributed by atoms with Crippen LogP contribution in [0.25, 0.3) is 33.8 Å². The van der Waals surface area contributed by atoms with Crippen LogP contribution < -0.4 is 0 Å². The molecule has 0 amide bonds. The fourth-order valence-electron chi connectivity index (χ4n) is 3.77. The van der Waals surface area contributed by atoms with Gasteiger partial charge < -0.3 is 9.55 Å². The van der Waals surface area contributed by atoms with Crippen molar-refractivity contribution in [3.05, 3.63) is 121 Å². The summed E-state index contributed by atoms with van der Waals surface area (Å²) in [7, 11) is 0. The molecule has 1 radical (unpaired) electrons. The Balaban J connectivity index is 0.000000162. The van der Waals surface area contributed by atoms with Gasteiger partial charge in [-0.2, -0.15) is 0 Å². The minimum Gasteiger partial charge on any atom is -0.371 e. The van der Waals surface area contributed by atoms with Crippen molar-refractivity contribution in [3.8, 4) is 33.8 Å². The third kappa shape index (κ3) is 5.16. The predicted molar refractivity (Wildman–Crippen MR) is 124 cm³/mol. The molecule has 0 atom stereocenters. The van der Waals surface area contributed by atoms with Gasteiger partial charge in [-0.15, -0.1) is 65.2 Å². The molecular formula is C28H20FIrN3-2. The molecule has 0 saturated carbocycles. The van der Waals surface area contributed by atoms with E-state index in [1.165, 1.54) is 23.3 Å². The molecule has 0 saturated heterocycles. The second-order valence-corrected chi connectivity index (χ2v) is 7.48. The summed E-state index contributed by atoms with van der Waals surface area (Å²) in [4.78, 5) is 8.73. The number of imidazole rings is 1. The largest absolute Gasteiger partial charge is 0.371 e. The number of hydrogen-bond donors (Lipinski definition) is 0. The van der Waals surface area contributed by atoms with Crippen LogP contribution in [-0.2, 0) is 33.1 Å². The maximum absolute atomic E-state index is 12.8. The van der Waals surface area contributed by atoms with E-state index < -0.39 is 0 Å². The van der Waals surface area contributed by atoms with Gasteiger partial charge in [0.15, 0.2) is 0 Å². The topological polar surface area (TPSA) is 30.7 Å². The van der Waals surface area contributed by atoms with Crippen LogP contribution in [0.1, 0.15) is 5.56 Å². The summed E-state index contributed by atoms with van der Waals surface area (Å²) < 4.78 is 15.0. The Bertz CT molecular complexity index is 1310. The standard InChI is InChI=1S/C17H11FN.C11H9N2.Ir/c18-16-9-6-14(7-10-16)17-11-8-15(12-19-17)13-4-2-1-3-5-13;1-2-4-10-9(3-1)5-7-13-8-6-12-11(10)13;/h1-6,8-12H;1-3,6,8H,5,7H2;/q2*-1;. The Hall–Kier alpha value is -3.40. The van der Waals surface area contributed by atoms with Crippen molar-refractivity contribution in [2.24, 2.45) is 0 Å². The first-order chi connectivity index (χ1) is 15.8. The van der Waals surface area contributed by atoms with Gasteiger partial charge in [0.1, 0.15) is 0 Å². The van der Waals surface area contributed by atoms with Crippen molar-refractivity contribution < 1.29 is 24.5 Å². The van der Waals surface area contributed by atoms with E-state index in [1.54, 1.807) is 6.07 Å². The van der Waals surface area contributed by atoms with Gasteiger partial charge in [0, 0.05) is 51.1 Å². The van der Waals surface area contributed by atoms with Gasteiger partial charge in [-0.05, 0) is 23.2 Å². The molecule has 0 aliphatic carbocycles. The van der Waals surface area contributed by atoms with Crippen LogP contribution in [0.4, 0.5) is 4.39 Å². The summed E-state index contributed by atoms with van der Waals surface area (Å²) in [5.41, 5.74) is 6.30. The van der Waals surface area contributed by atoms with Gasteiger partial charge in [0.2, 0.25) is 0 Å². The number of aryl methyl sites for hydroxylation is 2. The summed E-state index contributed by atoms with van der Waals surface area (Å²) >= 11 is 0. The smallest absolute Gasteiger partial charge is 0.0560 e. The number of fused-ring (bicyclic) bond motifs is 3. The second-order valence-electron chi connectivity index (χ2n) is 7.48. The van der Waals surface area contributed by atoms with E-state index >= 15 is 0 Å². The van der Waals surface area contributed by atoms with Crippen LogP contribution in [0, 0.1) is 17.9 Å². The number of pyridine rings is 1. The maximum atomic E-state index is 12.8. The molecule has 3 heterocycles. The van der Waals surface area contributed by atoms with E-state index in [0.717, 1.165) is 41.2 Å². The molecule has 0 bridgehead atoms. The van der Waals surface area contributed by atoms with Crippen LogP contribution in [0.15, 0.2) is 97.5 Å². The van der Waals surface area contributed by atoms with Crippen LogP contribution in [0.3, 0.4) is 0 Å². The summed E-state index contributed by atoms with van der Waals surface area (Å²) in [5, 5.41) is 0. The van der Waals surface area contributed by atoms with E-state index in [-0.39, 0.29) is 25.9 Å². The van der Waals surface area contributed by atoms with Crippen LogP contribution in [0.5, 0.6) is 0 Å². The molecule has 165 valence electrons. The third-order valence-corrected chi connectivity index (χ3v) is 5.42. The minimum absolute atomic E-state index is 0. The third-order valence-electron chi connectivity index (χ3n) is 5.42. The molecule has 1 aliphatic rings. The van der Waals surface area contributed by atoms with Crippen molar-refractivity contribution >= 4 is 0 Å². The van der Waals surface area contributed by atoms with Gasteiger partial charge >= 0.3 is 0 Å². The van der Waals surface area contributed by atoms with Gasteiger partial charge in [-0.25, -0.2) is 0 Å². The molecule has 3 aromatic carbocycles. The quantitative estimate of drug-likeness (QED) is 0.221. The fraction of sp³-hybridized carbons (Fsp3) is 0.0714. The van der Waals surface area contributed by atoms with Crippen molar-refractivity contribution in [2.75, 3.05) is 0 Å². The monoisotopic (exact) mass is 610 g/mol. The van der Waals surface area contributed by atoms with E-state index in [0.29, 0.717) is 0 Å². The molecule has 6 rings (SSSR count). The van der Waals surface area contributed by atoms with Crippen molar-refractivity contribution in [1.82, 2.24) is 14.5 Å².